The first-order valence-corrected chi connectivity index (χ1v) is 9.61. The quantitative estimate of drug-likeness (QED) is 0.839. The van der Waals surface area contributed by atoms with Crippen LogP contribution in [0.25, 0.3) is 0 Å². The number of benzene rings is 1. The van der Waals surface area contributed by atoms with Gasteiger partial charge in [0, 0.05) is 26.3 Å². The molecule has 1 rings (SSSR count). The van der Waals surface area contributed by atoms with Gasteiger partial charge in [-0.1, -0.05) is 0 Å². The molecule has 0 atom stereocenters. The summed E-state index contributed by atoms with van der Waals surface area (Å²) in [7, 11) is 0.555. The summed E-state index contributed by atoms with van der Waals surface area (Å²) in [6.07, 6.45) is 1.75. The zero-order chi connectivity index (χ0) is 14.6. The first kappa shape index (κ1) is 16.0. The number of anilines is 1. The van der Waals surface area contributed by atoms with E-state index in [4.69, 9.17) is 4.74 Å². The first-order chi connectivity index (χ1) is 8.79. The van der Waals surface area contributed by atoms with Gasteiger partial charge >= 0.3 is 0 Å². The predicted octanol–water partition coefficient (Wildman–Crippen LogP) is 3.55. The number of hydrogen-bond acceptors (Lipinski definition) is 2. The normalized spacial score (nSPS) is 11.3. The third-order valence-electron chi connectivity index (χ3n) is 3.43. The van der Waals surface area contributed by atoms with E-state index in [1.165, 1.54) is 0 Å². The summed E-state index contributed by atoms with van der Waals surface area (Å²) < 4.78 is 5.23. The van der Waals surface area contributed by atoms with Crippen molar-refractivity contribution in [2.24, 2.45) is 0 Å². The maximum Gasteiger partial charge on any atom is 0.261 e. The van der Waals surface area contributed by atoms with E-state index in [1.54, 1.807) is 7.11 Å². The van der Waals surface area contributed by atoms with Crippen molar-refractivity contribution >= 4 is 18.9 Å². The second-order valence-electron chi connectivity index (χ2n) is 5.59. The highest BCUT2D eigenvalue weighted by atomic mass is 31.2. The van der Waals surface area contributed by atoms with Gasteiger partial charge in [-0.3, -0.25) is 4.79 Å². The summed E-state index contributed by atoms with van der Waals surface area (Å²) in [5, 5.41) is 3.05. The molecular weight excluding hydrogens is 257 g/mol. The van der Waals surface area contributed by atoms with Crippen molar-refractivity contribution in [3.63, 3.8) is 0 Å². The summed E-state index contributed by atoms with van der Waals surface area (Å²) in [5.41, 5.74) is 3.00. The van der Waals surface area contributed by atoms with Crippen molar-refractivity contribution in [3.8, 4) is 5.75 Å². The van der Waals surface area contributed by atoms with E-state index >= 15 is 0 Å². The highest BCUT2D eigenvalue weighted by Gasteiger charge is 2.26. The van der Waals surface area contributed by atoms with Gasteiger partial charge in [-0.25, -0.2) is 0 Å². The molecule has 106 valence electrons. The van der Waals surface area contributed by atoms with Gasteiger partial charge in [0.15, 0.2) is 0 Å². The molecule has 0 aliphatic rings. The number of rotatable bonds is 5. The average molecular weight is 282 g/mol. The van der Waals surface area contributed by atoms with E-state index in [1.807, 2.05) is 26.0 Å². The van der Waals surface area contributed by atoms with Crippen LogP contribution >= 0.6 is 7.26 Å². The molecule has 19 heavy (non-hydrogen) atoms. The van der Waals surface area contributed by atoms with Crippen LogP contribution in [0.5, 0.6) is 5.75 Å². The molecule has 0 saturated carbocycles. The highest BCUT2D eigenvalue weighted by Crippen LogP contribution is 2.50. The van der Waals surface area contributed by atoms with Crippen LogP contribution in [0.15, 0.2) is 12.1 Å². The molecular formula is C15H25NO2P+. The van der Waals surface area contributed by atoms with E-state index < -0.39 is 7.26 Å². The largest absolute Gasteiger partial charge is 0.497 e. The lowest BCUT2D eigenvalue weighted by Crippen LogP contribution is -2.20. The zero-order valence-corrected chi connectivity index (χ0v) is 13.7. The van der Waals surface area contributed by atoms with Crippen LogP contribution in [-0.2, 0) is 4.79 Å². The van der Waals surface area contributed by atoms with E-state index in [-0.39, 0.29) is 5.91 Å². The smallest absolute Gasteiger partial charge is 0.261 e. The summed E-state index contributed by atoms with van der Waals surface area (Å²) in [4.78, 5) is 12.1. The minimum atomic E-state index is -1.10. The van der Waals surface area contributed by atoms with E-state index in [2.05, 4.69) is 25.6 Å². The van der Waals surface area contributed by atoms with E-state index in [0.29, 0.717) is 6.16 Å². The number of carbonyl (C=O) groups is 1. The van der Waals surface area contributed by atoms with Crippen molar-refractivity contribution in [1.29, 1.82) is 0 Å². The monoisotopic (exact) mass is 282 g/mol. The topological polar surface area (TPSA) is 38.3 Å². The number of methoxy groups -OCH3 is 1. The third-order valence-corrected chi connectivity index (χ3v) is 6.29. The minimum Gasteiger partial charge on any atom is -0.497 e. The number of carbonyl (C=O) groups excluding carboxylic acids is 1. The summed E-state index contributed by atoms with van der Waals surface area (Å²) in [5.74, 6) is 0.950. The fourth-order valence-corrected chi connectivity index (χ4v) is 3.00. The number of amides is 1. The summed E-state index contributed by atoms with van der Waals surface area (Å²) in [6.45, 7) is 10.6. The Hall–Kier alpha value is -1.08. The molecule has 0 unspecified atom stereocenters. The van der Waals surface area contributed by atoms with Crippen LogP contribution in [0.3, 0.4) is 0 Å². The maximum atomic E-state index is 12.1. The SMILES string of the molecule is CC[P+](C)(C)CC(=O)Nc1c(C)cc(OC)cc1C. The third kappa shape index (κ3) is 4.50. The molecule has 1 aromatic carbocycles. The van der Waals surface area contributed by atoms with Crippen molar-refractivity contribution < 1.29 is 9.53 Å². The molecule has 0 aromatic heterocycles. The van der Waals surface area contributed by atoms with Crippen LogP contribution in [0.2, 0.25) is 0 Å². The van der Waals surface area contributed by atoms with Crippen LogP contribution < -0.4 is 10.1 Å². The van der Waals surface area contributed by atoms with Crippen LogP contribution in [0.4, 0.5) is 5.69 Å². The Morgan fingerprint density at radius 1 is 1.26 bits per heavy atom. The molecule has 0 aliphatic carbocycles. The second kappa shape index (κ2) is 6.38. The van der Waals surface area contributed by atoms with Gasteiger partial charge in [0.1, 0.15) is 11.9 Å². The standard InChI is InChI=1S/C15H24NO2P/c1-7-19(5,6)10-14(17)16-15-11(2)8-13(18-4)9-12(15)3/h8-9H,7,10H2,1-6H3/p+1. The van der Waals surface area contributed by atoms with E-state index in [0.717, 1.165) is 28.7 Å². The molecule has 0 heterocycles. The van der Waals surface area contributed by atoms with Gasteiger partial charge in [0.25, 0.3) is 5.91 Å². The van der Waals surface area contributed by atoms with Gasteiger partial charge < -0.3 is 10.1 Å². The lowest BCUT2D eigenvalue weighted by molar-refractivity contribution is -0.113. The number of ether oxygens (including phenoxy) is 1. The van der Waals surface area contributed by atoms with Gasteiger partial charge in [-0.15, -0.1) is 0 Å². The Balaban J connectivity index is 2.86. The molecule has 3 nitrogen and oxygen atoms in total. The van der Waals surface area contributed by atoms with Crippen LogP contribution in [0, 0.1) is 13.8 Å². The van der Waals surface area contributed by atoms with Crippen LogP contribution in [-0.4, -0.2) is 38.7 Å². The lowest BCUT2D eigenvalue weighted by atomic mass is 10.1. The molecule has 0 spiro atoms. The zero-order valence-electron chi connectivity index (χ0n) is 12.8. The Morgan fingerprint density at radius 3 is 2.21 bits per heavy atom. The number of aryl methyl sites for hydroxylation is 2. The van der Waals surface area contributed by atoms with Crippen molar-refractivity contribution in [3.05, 3.63) is 23.3 Å². The maximum absolute atomic E-state index is 12.1. The summed E-state index contributed by atoms with van der Waals surface area (Å²) >= 11 is 0. The number of hydrogen-bond donors (Lipinski definition) is 1. The molecule has 1 aromatic rings. The number of nitrogens with one attached hydrogen (secondary N) is 1. The molecule has 0 radical (unpaired) electrons. The second-order valence-corrected chi connectivity index (χ2v) is 10.4. The molecule has 0 aliphatic heterocycles. The molecule has 4 heteroatoms. The predicted molar refractivity (Wildman–Crippen MR) is 85.3 cm³/mol. The van der Waals surface area contributed by atoms with Crippen molar-refractivity contribution in [2.45, 2.75) is 20.8 Å². The van der Waals surface area contributed by atoms with Gasteiger partial charge in [-0.05, 0) is 44.0 Å². The van der Waals surface area contributed by atoms with Crippen molar-refractivity contribution in [2.75, 3.05) is 38.1 Å². The van der Waals surface area contributed by atoms with Crippen LogP contribution in [0.1, 0.15) is 18.1 Å². The molecule has 1 N–H and O–H groups in total. The fraction of sp³-hybridized carbons (Fsp3) is 0.533. The molecule has 0 fully saturated rings. The minimum absolute atomic E-state index is 0.122. The molecule has 0 bridgehead atoms. The lowest BCUT2D eigenvalue weighted by Gasteiger charge is -2.17. The summed E-state index contributed by atoms with van der Waals surface area (Å²) in [6, 6.07) is 3.89. The fourth-order valence-electron chi connectivity index (χ4n) is 1.92. The van der Waals surface area contributed by atoms with Gasteiger partial charge in [-0.2, -0.15) is 0 Å². The Bertz CT molecular complexity index is 446. The highest BCUT2D eigenvalue weighted by molar-refractivity contribution is 7.75. The average Bonchev–Trinajstić information content (AvgIpc) is 2.33. The molecule has 1 amide bonds. The molecule has 0 saturated heterocycles. The first-order valence-electron chi connectivity index (χ1n) is 6.56. The Morgan fingerprint density at radius 2 is 1.79 bits per heavy atom. The van der Waals surface area contributed by atoms with Gasteiger partial charge in [0.05, 0.1) is 13.3 Å². The van der Waals surface area contributed by atoms with Gasteiger partial charge in [0.2, 0.25) is 0 Å². The van der Waals surface area contributed by atoms with E-state index in [9.17, 15) is 4.79 Å². The Kier molecular flexibility index (Phi) is 5.37. The Labute approximate surface area is 117 Å². The van der Waals surface area contributed by atoms with Crippen molar-refractivity contribution in [1.82, 2.24) is 0 Å².